The molecule has 0 bridgehead atoms. The van der Waals surface area contributed by atoms with Crippen molar-refractivity contribution in [2.75, 3.05) is 11.9 Å². The van der Waals surface area contributed by atoms with Crippen molar-refractivity contribution in [1.82, 2.24) is 15.3 Å². The van der Waals surface area contributed by atoms with Gasteiger partial charge in [-0.1, -0.05) is 54.6 Å². The number of thiophene rings is 1. The zero-order valence-corrected chi connectivity index (χ0v) is 26.9. The summed E-state index contributed by atoms with van der Waals surface area (Å²) in [4.78, 5) is 30.3. The van der Waals surface area contributed by atoms with Crippen LogP contribution in [0.4, 0.5) is 11.4 Å². The highest BCUT2D eigenvalue weighted by Gasteiger charge is 2.15. The molecule has 228 valence electrons. The molecule has 1 N–H and O–H groups in total. The second kappa shape index (κ2) is 14.9. The maximum absolute atomic E-state index is 13.6. The first-order valence-corrected chi connectivity index (χ1v) is 15.6. The van der Waals surface area contributed by atoms with Gasteiger partial charge in [0.05, 0.1) is 16.1 Å². The Labute approximate surface area is 273 Å². The topological polar surface area (TPSA) is 94.3 Å². The van der Waals surface area contributed by atoms with Gasteiger partial charge in [0.1, 0.15) is 11.9 Å². The number of nitriles is 1. The Morgan fingerprint density at radius 1 is 1.04 bits per heavy atom. The molecule has 0 aliphatic rings. The number of rotatable bonds is 10. The van der Waals surface area contributed by atoms with Crippen LogP contribution in [0.25, 0.3) is 16.1 Å². The predicted molar refractivity (Wildman–Crippen MR) is 188 cm³/mol. The summed E-state index contributed by atoms with van der Waals surface area (Å²) in [6.45, 7) is 8.35. The fourth-order valence-corrected chi connectivity index (χ4v) is 5.64. The average molecular weight is 623 g/mol. The van der Waals surface area contributed by atoms with Gasteiger partial charge >= 0.3 is 0 Å². The number of aliphatic imine (C=N–C) groups is 1. The molecule has 5 aromatic rings. The summed E-state index contributed by atoms with van der Waals surface area (Å²) < 4.78 is 0. The molecule has 0 saturated heterocycles. The SMILES string of the molecule is C=C(c1ccccc1)N(C)c1ccc(C)c(N=C(/C=C(/C)CCc2cccnc2)NC(=O)c2ccc(-c3cncc(C#N)c3)s2)c1. The molecule has 3 heterocycles. The Morgan fingerprint density at radius 3 is 2.63 bits per heavy atom. The van der Waals surface area contributed by atoms with E-state index in [1.54, 1.807) is 24.5 Å². The molecule has 5 rings (SSSR count). The molecule has 0 atom stereocenters. The van der Waals surface area contributed by atoms with Crippen LogP contribution >= 0.6 is 11.3 Å². The van der Waals surface area contributed by atoms with E-state index in [1.807, 2.05) is 98.7 Å². The number of carbonyl (C=O) groups is 1. The third-order valence-electron chi connectivity index (χ3n) is 7.47. The Balaban J connectivity index is 1.44. The van der Waals surface area contributed by atoms with Crippen LogP contribution < -0.4 is 10.2 Å². The fraction of sp³-hybridized carbons (Fsp3) is 0.132. The number of benzene rings is 2. The Morgan fingerprint density at radius 2 is 1.87 bits per heavy atom. The highest BCUT2D eigenvalue weighted by atomic mass is 32.1. The first kappa shape index (κ1) is 31.8. The summed E-state index contributed by atoms with van der Waals surface area (Å²) in [5, 5.41) is 12.3. The number of amides is 1. The van der Waals surface area contributed by atoms with Gasteiger partial charge in [-0.3, -0.25) is 14.8 Å². The lowest BCUT2D eigenvalue weighted by Gasteiger charge is -2.23. The maximum Gasteiger partial charge on any atom is 0.266 e. The van der Waals surface area contributed by atoms with Crippen molar-refractivity contribution in [1.29, 1.82) is 5.26 Å². The van der Waals surface area contributed by atoms with Gasteiger partial charge in [0.15, 0.2) is 0 Å². The molecule has 0 aliphatic carbocycles. The van der Waals surface area contributed by atoms with E-state index in [-0.39, 0.29) is 5.91 Å². The van der Waals surface area contributed by atoms with Crippen LogP contribution in [-0.4, -0.2) is 28.8 Å². The first-order chi connectivity index (χ1) is 22.3. The minimum atomic E-state index is -0.265. The van der Waals surface area contributed by atoms with Crippen LogP contribution in [0.2, 0.25) is 0 Å². The summed E-state index contributed by atoms with van der Waals surface area (Å²) in [6, 6.07) is 27.6. The third kappa shape index (κ3) is 8.08. The molecular weight excluding hydrogens is 589 g/mol. The zero-order valence-electron chi connectivity index (χ0n) is 26.1. The largest absolute Gasteiger partial charge is 0.345 e. The minimum Gasteiger partial charge on any atom is -0.345 e. The van der Waals surface area contributed by atoms with Crippen molar-refractivity contribution in [3.63, 3.8) is 0 Å². The van der Waals surface area contributed by atoms with E-state index in [0.717, 1.165) is 62.6 Å². The van der Waals surface area contributed by atoms with Crippen molar-refractivity contribution in [3.05, 3.63) is 149 Å². The number of hydrogen-bond acceptors (Lipinski definition) is 7. The maximum atomic E-state index is 13.6. The van der Waals surface area contributed by atoms with E-state index >= 15 is 0 Å². The smallest absolute Gasteiger partial charge is 0.266 e. The van der Waals surface area contributed by atoms with Gasteiger partial charge in [-0.2, -0.15) is 5.26 Å². The number of carbonyl (C=O) groups excluding carboxylic acids is 1. The second-order valence-corrected chi connectivity index (χ2v) is 12.0. The molecule has 46 heavy (non-hydrogen) atoms. The Kier molecular flexibility index (Phi) is 10.3. The molecule has 8 heteroatoms. The van der Waals surface area contributed by atoms with Crippen molar-refractivity contribution in [2.45, 2.75) is 26.7 Å². The Bertz CT molecular complexity index is 1950. The average Bonchev–Trinajstić information content (AvgIpc) is 3.59. The lowest BCUT2D eigenvalue weighted by Crippen LogP contribution is -2.28. The molecule has 0 saturated carbocycles. The van der Waals surface area contributed by atoms with E-state index in [9.17, 15) is 10.1 Å². The van der Waals surface area contributed by atoms with Crippen molar-refractivity contribution < 1.29 is 4.79 Å². The van der Waals surface area contributed by atoms with Gasteiger partial charge in [0.25, 0.3) is 5.91 Å². The van der Waals surface area contributed by atoms with Crippen LogP contribution in [0.15, 0.2) is 127 Å². The Hall–Kier alpha value is -5.65. The molecule has 0 unspecified atom stereocenters. The van der Waals surface area contributed by atoms with Crippen LogP contribution in [0.3, 0.4) is 0 Å². The second-order valence-electron chi connectivity index (χ2n) is 10.9. The molecule has 0 radical (unpaired) electrons. The number of allylic oxidation sites excluding steroid dienone is 1. The van der Waals surface area contributed by atoms with Gasteiger partial charge in [0, 0.05) is 53.7 Å². The molecule has 0 aliphatic heterocycles. The van der Waals surface area contributed by atoms with Crippen LogP contribution in [-0.2, 0) is 6.42 Å². The van der Waals surface area contributed by atoms with E-state index < -0.39 is 0 Å². The number of nitrogens with one attached hydrogen (secondary N) is 1. The lowest BCUT2D eigenvalue weighted by atomic mass is 10.1. The van der Waals surface area contributed by atoms with Crippen molar-refractivity contribution in [2.24, 2.45) is 4.99 Å². The summed E-state index contributed by atoms with van der Waals surface area (Å²) in [5.41, 5.74) is 8.00. The van der Waals surface area contributed by atoms with Crippen LogP contribution in [0.5, 0.6) is 0 Å². The van der Waals surface area contributed by atoms with E-state index in [4.69, 9.17) is 4.99 Å². The van der Waals surface area contributed by atoms with E-state index in [2.05, 4.69) is 34.0 Å². The monoisotopic (exact) mass is 622 g/mol. The van der Waals surface area contributed by atoms with Gasteiger partial charge < -0.3 is 10.2 Å². The summed E-state index contributed by atoms with van der Waals surface area (Å²) in [5.74, 6) is 0.181. The molecule has 3 aromatic heterocycles. The lowest BCUT2D eigenvalue weighted by molar-refractivity contribution is 0.0981. The van der Waals surface area contributed by atoms with Gasteiger partial charge in [-0.15, -0.1) is 11.3 Å². The quantitative estimate of drug-likeness (QED) is 0.124. The number of aryl methyl sites for hydroxylation is 2. The van der Waals surface area contributed by atoms with Crippen molar-refractivity contribution >= 4 is 40.2 Å². The number of anilines is 1. The predicted octanol–water partition coefficient (Wildman–Crippen LogP) is 8.53. The normalized spacial score (nSPS) is 11.5. The van der Waals surface area contributed by atoms with E-state index in [1.165, 1.54) is 17.5 Å². The third-order valence-corrected chi connectivity index (χ3v) is 8.60. The van der Waals surface area contributed by atoms with Gasteiger partial charge in [0.2, 0.25) is 0 Å². The van der Waals surface area contributed by atoms with Gasteiger partial charge in [-0.05, 0) is 85.9 Å². The minimum absolute atomic E-state index is 0.265. The number of pyridine rings is 2. The highest BCUT2D eigenvalue weighted by molar-refractivity contribution is 7.17. The number of amidine groups is 1. The first-order valence-electron chi connectivity index (χ1n) is 14.8. The molecule has 0 fully saturated rings. The molecule has 0 spiro atoms. The standard InChI is InChI=1S/C38H34N6OS/c1-26(12-14-29-9-8-18-40-23-29)19-37(43-38(45)36-17-16-35(46-36)32-20-30(22-39)24-41-25-32)42-34-21-33(15-13-27(34)2)44(4)28(3)31-10-6-5-7-11-31/h5-11,13,15-21,23-25H,3,12,14H2,1-2,4H3,(H,42,43,45)/b26-19-. The molecule has 1 amide bonds. The number of aromatic nitrogens is 2. The molecule has 2 aromatic carbocycles. The van der Waals surface area contributed by atoms with Gasteiger partial charge in [-0.25, -0.2) is 4.99 Å². The van der Waals surface area contributed by atoms with Crippen molar-refractivity contribution in [3.8, 4) is 16.5 Å². The van der Waals surface area contributed by atoms with Crippen LogP contribution in [0.1, 0.15) is 45.3 Å². The zero-order chi connectivity index (χ0) is 32.5. The summed E-state index contributed by atoms with van der Waals surface area (Å²) in [7, 11) is 1.98. The fourth-order valence-electron chi connectivity index (χ4n) is 4.75. The summed E-state index contributed by atoms with van der Waals surface area (Å²) >= 11 is 1.34. The number of hydrogen-bond donors (Lipinski definition) is 1. The molecule has 7 nitrogen and oxygen atoms in total. The molecular formula is C38H34N6OS. The highest BCUT2D eigenvalue weighted by Crippen LogP contribution is 2.30. The van der Waals surface area contributed by atoms with Crippen LogP contribution in [0, 0.1) is 18.3 Å². The summed E-state index contributed by atoms with van der Waals surface area (Å²) in [6.07, 6.45) is 10.4. The van der Waals surface area contributed by atoms with E-state index in [0.29, 0.717) is 16.3 Å². The number of nitrogens with zero attached hydrogens (tertiary/aromatic N) is 5.